The quantitative estimate of drug-likeness (QED) is 0.750. The number of carboxylic acids is 1. The Bertz CT molecular complexity index is 635. The lowest BCUT2D eigenvalue weighted by Gasteiger charge is -2.36. The Kier molecular flexibility index (Phi) is 5.03. The molecule has 0 radical (unpaired) electrons. The number of rotatable bonds is 6. The molecule has 6 nitrogen and oxygen atoms in total. The van der Waals surface area contributed by atoms with Crippen LogP contribution in [0.4, 0.5) is 5.69 Å². The maximum Gasteiger partial charge on any atom is 0.310 e. The summed E-state index contributed by atoms with van der Waals surface area (Å²) in [6.07, 6.45) is 1.87. The molecule has 23 heavy (non-hydrogen) atoms. The molecule has 2 amide bonds. The van der Waals surface area contributed by atoms with Crippen LogP contribution in [0.5, 0.6) is 0 Å². The summed E-state index contributed by atoms with van der Waals surface area (Å²) in [4.78, 5) is 35.4. The molecule has 0 atom stereocenters. The van der Waals surface area contributed by atoms with Crippen molar-refractivity contribution in [1.29, 1.82) is 0 Å². The number of aliphatic carboxylic acids is 1. The number of hydrogen-bond acceptors (Lipinski definition) is 3. The summed E-state index contributed by atoms with van der Waals surface area (Å²) < 4.78 is 0. The molecule has 0 saturated heterocycles. The second-order valence-electron chi connectivity index (χ2n) is 6.05. The number of carbonyl (C=O) groups is 3. The van der Waals surface area contributed by atoms with Gasteiger partial charge in [-0.1, -0.05) is 12.5 Å². The zero-order chi connectivity index (χ0) is 17.0. The van der Waals surface area contributed by atoms with Crippen LogP contribution in [0.2, 0.25) is 0 Å². The summed E-state index contributed by atoms with van der Waals surface area (Å²) in [5.74, 6) is -1.45. The highest BCUT2D eigenvalue weighted by molar-refractivity contribution is 5.98. The number of amides is 2. The molecule has 1 aromatic rings. The van der Waals surface area contributed by atoms with Crippen LogP contribution in [0.1, 0.15) is 48.5 Å². The molecule has 0 unspecified atom stereocenters. The topological polar surface area (TPSA) is 95.5 Å². The van der Waals surface area contributed by atoms with E-state index in [0.29, 0.717) is 30.6 Å². The lowest BCUT2D eigenvalue weighted by atomic mass is 9.66. The minimum absolute atomic E-state index is 0.0346. The van der Waals surface area contributed by atoms with Gasteiger partial charge >= 0.3 is 5.97 Å². The standard InChI is InChI=1S/C17H22N2O4/c1-3-18-15(21)12-6-5-11(2)13(9-12)19-14(20)10-17(16(22)23)7-4-8-17/h5-6,9H,3-4,7-8,10H2,1-2H3,(H,18,21)(H,19,20)(H,22,23). The summed E-state index contributed by atoms with van der Waals surface area (Å²) in [6.45, 7) is 4.18. The maximum atomic E-state index is 12.2. The first kappa shape index (κ1) is 17.0. The highest BCUT2D eigenvalue weighted by Crippen LogP contribution is 2.44. The fourth-order valence-electron chi connectivity index (χ4n) is 2.73. The second kappa shape index (κ2) is 6.81. The molecule has 1 aliphatic carbocycles. The Morgan fingerprint density at radius 2 is 1.96 bits per heavy atom. The van der Waals surface area contributed by atoms with Gasteiger partial charge in [-0.15, -0.1) is 0 Å². The molecule has 6 heteroatoms. The summed E-state index contributed by atoms with van der Waals surface area (Å²) in [7, 11) is 0. The molecule has 124 valence electrons. The third kappa shape index (κ3) is 3.70. The van der Waals surface area contributed by atoms with E-state index < -0.39 is 11.4 Å². The van der Waals surface area contributed by atoms with Gasteiger partial charge in [0.2, 0.25) is 5.91 Å². The molecular weight excluding hydrogens is 296 g/mol. The fourth-order valence-corrected chi connectivity index (χ4v) is 2.73. The SMILES string of the molecule is CCNC(=O)c1ccc(C)c(NC(=O)CC2(C(=O)O)CCC2)c1. The Morgan fingerprint density at radius 1 is 1.26 bits per heavy atom. The molecular formula is C17H22N2O4. The fraction of sp³-hybridized carbons (Fsp3) is 0.471. The zero-order valence-electron chi connectivity index (χ0n) is 13.4. The average molecular weight is 318 g/mol. The minimum atomic E-state index is -0.921. The van der Waals surface area contributed by atoms with E-state index in [2.05, 4.69) is 10.6 Å². The Hall–Kier alpha value is -2.37. The van der Waals surface area contributed by atoms with Crippen molar-refractivity contribution in [1.82, 2.24) is 5.32 Å². The molecule has 0 aromatic heterocycles. The van der Waals surface area contributed by atoms with Crippen molar-refractivity contribution in [2.24, 2.45) is 5.41 Å². The molecule has 2 rings (SSSR count). The van der Waals surface area contributed by atoms with Gasteiger partial charge in [0.05, 0.1) is 5.41 Å². The van der Waals surface area contributed by atoms with Crippen LogP contribution in [-0.4, -0.2) is 29.4 Å². The molecule has 1 aliphatic rings. The van der Waals surface area contributed by atoms with E-state index in [-0.39, 0.29) is 18.2 Å². The number of carbonyl (C=O) groups excluding carboxylic acids is 2. The smallest absolute Gasteiger partial charge is 0.310 e. The van der Waals surface area contributed by atoms with Gasteiger partial charge in [0.15, 0.2) is 0 Å². The first-order valence-electron chi connectivity index (χ1n) is 7.80. The highest BCUT2D eigenvalue weighted by atomic mass is 16.4. The molecule has 3 N–H and O–H groups in total. The summed E-state index contributed by atoms with van der Waals surface area (Å²) in [6, 6.07) is 5.07. The summed E-state index contributed by atoms with van der Waals surface area (Å²) in [5.41, 5.74) is 0.905. The van der Waals surface area contributed by atoms with Crippen LogP contribution in [0.3, 0.4) is 0 Å². The van der Waals surface area contributed by atoms with E-state index in [4.69, 9.17) is 0 Å². The number of carboxylic acid groups (broad SMARTS) is 1. The van der Waals surface area contributed by atoms with Crippen LogP contribution in [0.15, 0.2) is 18.2 Å². The van der Waals surface area contributed by atoms with Gasteiger partial charge in [0, 0.05) is 24.2 Å². The van der Waals surface area contributed by atoms with Gasteiger partial charge in [-0.2, -0.15) is 0 Å². The highest BCUT2D eigenvalue weighted by Gasteiger charge is 2.45. The monoisotopic (exact) mass is 318 g/mol. The molecule has 0 aliphatic heterocycles. The van der Waals surface area contributed by atoms with Crippen molar-refractivity contribution < 1.29 is 19.5 Å². The summed E-state index contributed by atoms with van der Waals surface area (Å²) in [5, 5.41) is 14.7. The van der Waals surface area contributed by atoms with Crippen LogP contribution in [-0.2, 0) is 9.59 Å². The van der Waals surface area contributed by atoms with E-state index in [0.717, 1.165) is 12.0 Å². The lowest BCUT2D eigenvalue weighted by molar-refractivity contribution is -0.157. The predicted octanol–water partition coefficient (Wildman–Crippen LogP) is 2.33. The Morgan fingerprint density at radius 3 is 2.48 bits per heavy atom. The van der Waals surface area contributed by atoms with Crippen LogP contribution in [0, 0.1) is 12.3 Å². The number of anilines is 1. The van der Waals surface area contributed by atoms with Crippen molar-refractivity contribution >= 4 is 23.5 Å². The summed E-state index contributed by atoms with van der Waals surface area (Å²) >= 11 is 0. The number of aryl methyl sites for hydroxylation is 1. The van der Waals surface area contributed by atoms with E-state index in [1.807, 2.05) is 13.8 Å². The van der Waals surface area contributed by atoms with Gasteiger partial charge in [-0.25, -0.2) is 0 Å². The zero-order valence-corrected chi connectivity index (χ0v) is 13.4. The number of nitrogens with one attached hydrogen (secondary N) is 2. The van der Waals surface area contributed by atoms with Crippen molar-refractivity contribution in [3.05, 3.63) is 29.3 Å². The molecule has 1 aromatic carbocycles. The Labute approximate surface area is 135 Å². The third-order valence-corrected chi connectivity index (χ3v) is 4.37. The van der Waals surface area contributed by atoms with Gasteiger partial charge in [0.1, 0.15) is 0 Å². The van der Waals surface area contributed by atoms with Gasteiger partial charge in [-0.05, 0) is 44.4 Å². The molecule has 0 bridgehead atoms. The van der Waals surface area contributed by atoms with Crippen molar-refractivity contribution in [3.8, 4) is 0 Å². The maximum absolute atomic E-state index is 12.2. The van der Waals surface area contributed by atoms with Crippen molar-refractivity contribution in [2.75, 3.05) is 11.9 Å². The molecule has 1 fully saturated rings. The van der Waals surface area contributed by atoms with Crippen LogP contribution >= 0.6 is 0 Å². The van der Waals surface area contributed by atoms with Crippen molar-refractivity contribution in [3.63, 3.8) is 0 Å². The lowest BCUT2D eigenvalue weighted by Crippen LogP contribution is -2.41. The number of hydrogen-bond donors (Lipinski definition) is 3. The van der Waals surface area contributed by atoms with E-state index >= 15 is 0 Å². The predicted molar refractivity (Wildman–Crippen MR) is 86.4 cm³/mol. The van der Waals surface area contributed by atoms with Gasteiger partial charge < -0.3 is 15.7 Å². The largest absolute Gasteiger partial charge is 0.481 e. The molecule has 0 heterocycles. The van der Waals surface area contributed by atoms with E-state index in [9.17, 15) is 19.5 Å². The first-order chi connectivity index (χ1) is 10.9. The Balaban J connectivity index is 2.10. The van der Waals surface area contributed by atoms with Crippen LogP contribution in [0.25, 0.3) is 0 Å². The first-order valence-corrected chi connectivity index (χ1v) is 7.80. The average Bonchev–Trinajstić information content (AvgIpc) is 2.45. The second-order valence-corrected chi connectivity index (χ2v) is 6.05. The van der Waals surface area contributed by atoms with Crippen LogP contribution < -0.4 is 10.6 Å². The normalized spacial score (nSPS) is 15.4. The number of benzene rings is 1. The third-order valence-electron chi connectivity index (χ3n) is 4.37. The van der Waals surface area contributed by atoms with E-state index in [1.54, 1.807) is 18.2 Å². The minimum Gasteiger partial charge on any atom is -0.481 e. The molecule has 1 saturated carbocycles. The van der Waals surface area contributed by atoms with E-state index in [1.165, 1.54) is 0 Å². The molecule has 0 spiro atoms. The van der Waals surface area contributed by atoms with Gasteiger partial charge in [0.25, 0.3) is 5.91 Å². The van der Waals surface area contributed by atoms with Crippen molar-refractivity contribution in [2.45, 2.75) is 39.5 Å². The van der Waals surface area contributed by atoms with Gasteiger partial charge in [-0.3, -0.25) is 14.4 Å².